The highest BCUT2D eigenvalue weighted by molar-refractivity contribution is 9.14. The van der Waals surface area contributed by atoms with E-state index in [9.17, 15) is 8.78 Å². The molecule has 2 unspecified atom stereocenters. The minimum Gasteiger partial charge on any atom is -0.364 e. The number of hydrogen-bond donors (Lipinski definition) is 1. The van der Waals surface area contributed by atoms with Crippen LogP contribution in [0.2, 0.25) is 0 Å². The summed E-state index contributed by atoms with van der Waals surface area (Å²) in [7, 11) is 1.38. The fraction of sp³-hybridized carbons (Fsp3) is 0.273. The van der Waals surface area contributed by atoms with Gasteiger partial charge in [0.1, 0.15) is 5.83 Å². The Morgan fingerprint density at radius 1 is 1.33 bits per heavy atom. The second-order valence-corrected chi connectivity index (χ2v) is 6.10. The van der Waals surface area contributed by atoms with E-state index >= 15 is 0 Å². The second kappa shape index (κ2) is 5.19. The SMILES string of the molecule is COC1(c2[nH]c(Br)c(Br)c2Br)C=CC(F)=CC1F. The molecule has 18 heavy (non-hydrogen) atoms. The van der Waals surface area contributed by atoms with Gasteiger partial charge in [-0.3, -0.25) is 0 Å². The van der Waals surface area contributed by atoms with Crippen LogP contribution < -0.4 is 0 Å². The molecule has 0 bridgehead atoms. The van der Waals surface area contributed by atoms with Crippen molar-refractivity contribution in [1.82, 2.24) is 4.98 Å². The lowest BCUT2D eigenvalue weighted by molar-refractivity contribution is -0.0256. The van der Waals surface area contributed by atoms with Crippen LogP contribution in [0.25, 0.3) is 0 Å². The lowest BCUT2D eigenvalue weighted by Crippen LogP contribution is -2.38. The van der Waals surface area contributed by atoms with Crippen LogP contribution in [0.15, 0.2) is 37.6 Å². The predicted octanol–water partition coefficient (Wildman–Crippen LogP) is 4.91. The van der Waals surface area contributed by atoms with Gasteiger partial charge in [-0.1, -0.05) is 0 Å². The quantitative estimate of drug-likeness (QED) is 0.685. The third-order valence-corrected chi connectivity index (χ3v) is 6.02. The average Bonchev–Trinajstić information content (AvgIpc) is 2.59. The van der Waals surface area contributed by atoms with Gasteiger partial charge in [0.15, 0.2) is 11.8 Å². The zero-order valence-electron chi connectivity index (χ0n) is 9.11. The summed E-state index contributed by atoms with van der Waals surface area (Å²) in [5.41, 5.74) is -0.903. The van der Waals surface area contributed by atoms with Gasteiger partial charge >= 0.3 is 0 Å². The number of nitrogens with one attached hydrogen (secondary N) is 1. The Morgan fingerprint density at radius 2 is 2.00 bits per heavy atom. The molecule has 2 atom stereocenters. The van der Waals surface area contributed by atoms with Gasteiger partial charge in [0.2, 0.25) is 0 Å². The molecule has 0 saturated heterocycles. The van der Waals surface area contributed by atoms with E-state index in [0.717, 1.165) is 6.08 Å². The van der Waals surface area contributed by atoms with Crippen molar-refractivity contribution in [2.24, 2.45) is 0 Å². The smallest absolute Gasteiger partial charge is 0.162 e. The number of aromatic nitrogens is 1. The molecule has 0 radical (unpaired) electrons. The van der Waals surface area contributed by atoms with Crippen molar-refractivity contribution >= 4 is 47.8 Å². The molecule has 0 spiro atoms. The zero-order valence-corrected chi connectivity index (χ0v) is 13.9. The summed E-state index contributed by atoms with van der Waals surface area (Å²) in [5.74, 6) is -0.615. The van der Waals surface area contributed by atoms with Crippen LogP contribution in [0.4, 0.5) is 8.78 Å². The molecular weight excluding hydrogens is 440 g/mol. The maximum atomic E-state index is 14.2. The van der Waals surface area contributed by atoms with Crippen molar-refractivity contribution in [2.75, 3.05) is 7.11 Å². The molecule has 0 aromatic carbocycles. The molecule has 1 aromatic heterocycles. The minimum absolute atomic E-state index is 0.469. The molecule has 0 fully saturated rings. The molecular formula is C11H8Br3F2NO. The second-order valence-electron chi connectivity index (χ2n) is 3.73. The van der Waals surface area contributed by atoms with E-state index < -0.39 is 17.6 Å². The van der Waals surface area contributed by atoms with E-state index in [1.807, 2.05) is 0 Å². The van der Waals surface area contributed by atoms with Gasteiger partial charge < -0.3 is 9.72 Å². The number of allylic oxidation sites excluding steroid dienone is 2. The monoisotopic (exact) mass is 445 g/mol. The fourth-order valence-electron chi connectivity index (χ4n) is 1.81. The molecule has 1 aromatic rings. The standard InChI is InChI=1S/C11H8Br3F2NO/c1-18-11(3-2-5(15)4-6(11)16)9-7(12)8(13)10(14)17-9/h2-4,6,17H,1H3. The van der Waals surface area contributed by atoms with Crippen LogP contribution in [0.1, 0.15) is 5.69 Å². The topological polar surface area (TPSA) is 25.0 Å². The Morgan fingerprint density at radius 3 is 2.44 bits per heavy atom. The minimum atomic E-state index is -1.62. The molecule has 1 aliphatic carbocycles. The Labute approximate surface area is 128 Å². The van der Waals surface area contributed by atoms with E-state index in [1.54, 1.807) is 0 Å². The van der Waals surface area contributed by atoms with Crippen LogP contribution >= 0.6 is 47.8 Å². The van der Waals surface area contributed by atoms with E-state index in [1.165, 1.54) is 19.3 Å². The molecule has 2 rings (SSSR count). The van der Waals surface area contributed by atoms with Gasteiger partial charge in [-0.2, -0.15) is 0 Å². The van der Waals surface area contributed by atoms with Gasteiger partial charge in [-0.15, -0.1) is 0 Å². The first-order chi connectivity index (χ1) is 8.42. The van der Waals surface area contributed by atoms with Crippen LogP contribution in [-0.2, 0) is 10.3 Å². The van der Waals surface area contributed by atoms with Crippen molar-refractivity contribution in [3.05, 3.63) is 43.3 Å². The third kappa shape index (κ3) is 2.15. The Balaban J connectivity index is 2.58. The van der Waals surface area contributed by atoms with Gasteiger partial charge in [0.05, 0.1) is 19.2 Å². The highest BCUT2D eigenvalue weighted by Crippen LogP contribution is 2.44. The first-order valence-electron chi connectivity index (χ1n) is 4.91. The number of methoxy groups -OCH3 is 1. The third-order valence-electron chi connectivity index (χ3n) is 2.77. The normalized spacial score (nSPS) is 27.4. The van der Waals surface area contributed by atoms with E-state index in [0.29, 0.717) is 19.2 Å². The highest BCUT2D eigenvalue weighted by Gasteiger charge is 2.43. The number of halogens is 5. The molecule has 0 saturated carbocycles. The lowest BCUT2D eigenvalue weighted by atomic mass is 9.89. The van der Waals surface area contributed by atoms with Crippen molar-refractivity contribution in [3.63, 3.8) is 0 Å². The average molecular weight is 448 g/mol. The predicted molar refractivity (Wildman–Crippen MR) is 75.8 cm³/mol. The van der Waals surface area contributed by atoms with Crippen LogP contribution in [0.3, 0.4) is 0 Å². The first-order valence-corrected chi connectivity index (χ1v) is 7.29. The molecule has 2 nitrogen and oxygen atoms in total. The highest BCUT2D eigenvalue weighted by atomic mass is 79.9. The summed E-state index contributed by atoms with van der Waals surface area (Å²) in [6.45, 7) is 0. The fourth-order valence-corrected chi connectivity index (χ4v) is 3.38. The van der Waals surface area contributed by atoms with E-state index in [2.05, 4.69) is 52.8 Å². The molecule has 0 aliphatic heterocycles. The summed E-state index contributed by atoms with van der Waals surface area (Å²) in [4.78, 5) is 2.97. The summed E-state index contributed by atoms with van der Waals surface area (Å²) >= 11 is 9.98. The lowest BCUT2D eigenvalue weighted by Gasteiger charge is -2.32. The first kappa shape index (κ1) is 14.4. The molecule has 1 N–H and O–H groups in total. The van der Waals surface area contributed by atoms with Gasteiger partial charge in [0.25, 0.3) is 0 Å². The number of hydrogen-bond acceptors (Lipinski definition) is 1. The summed E-state index contributed by atoms with van der Waals surface area (Å²) in [5, 5.41) is 0. The van der Waals surface area contributed by atoms with Crippen molar-refractivity contribution < 1.29 is 13.5 Å². The maximum Gasteiger partial charge on any atom is 0.162 e. The van der Waals surface area contributed by atoms with Crippen LogP contribution in [-0.4, -0.2) is 18.3 Å². The molecule has 1 aliphatic rings. The molecule has 98 valence electrons. The van der Waals surface area contributed by atoms with Crippen LogP contribution in [0.5, 0.6) is 0 Å². The Hall–Kier alpha value is 0.0200. The van der Waals surface area contributed by atoms with Crippen molar-refractivity contribution in [1.29, 1.82) is 0 Å². The number of rotatable bonds is 2. The van der Waals surface area contributed by atoms with Crippen LogP contribution in [0, 0.1) is 0 Å². The molecule has 7 heteroatoms. The number of ether oxygens (including phenoxy) is 1. The summed E-state index contributed by atoms with van der Waals surface area (Å²) in [6, 6.07) is 0. The van der Waals surface area contributed by atoms with Crippen molar-refractivity contribution in [2.45, 2.75) is 11.8 Å². The van der Waals surface area contributed by atoms with E-state index in [4.69, 9.17) is 4.74 Å². The number of H-pyrrole nitrogens is 1. The number of aromatic amines is 1. The van der Waals surface area contributed by atoms with Gasteiger partial charge in [-0.05, 0) is 66.0 Å². The molecule has 1 heterocycles. The molecule has 0 amide bonds. The van der Waals surface area contributed by atoms with Gasteiger partial charge in [0, 0.05) is 7.11 Å². The van der Waals surface area contributed by atoms with E-state index in [-0.39, 0.29) is 0 Å². The number of alkyl halides is 1. The van der Waals surface area contributed by atoms with Gasteiger partial charge in [-0.25, -0.2) is 8.78 Å². The Bertz CT molecular complexity index is 541. The summed E-state index contributed by atoms with van der Waals surface area (Å²) in [6.07, 6.45) is 1.82. The van der Waals surface area contributed by atoms with Crippen molar-refractivity contribution in [3.8, 4) is 0 Å². The zero-order chi connectivity index (χ0) is 13.5. The maximum absolute atomic E-state index is 14.2. The Kier molecular flexibility index (Phi) is 4.16. The summed E-state index contributed by atoms with van der Waals surface area (Å²) < 4.78 is 34.5. The largest absolute Gasteiger partial charge is 0.364 e.